The molecule has 21 heavy (non-hydrogen) atoms. The Morgan fingerprint density at radius 1 is 1.05 bits per heavy atom. The van der Waals surface area contributed by atoms with E-state index in [9.17, 15) is 14.4 Å². The van der Waals surface area contributed by atoms with Crippen LogP contribution in [0.15, 0.2) is 0 Å². The van der Waals surface area contributed by atoms with Crippen LogP contribution < -0.4 is 0 Å². The Labute approximate surface area is 123 Å². The molecule has 0 aromatic heterocycles. The van der Waals surface area contributed by atoms with Crippen molar-refractivity contribution in [3.8, 4) is 0 Å². The van der Waals surface area contributed by atoms with Crippen LogP contribution in [-0.4, -0.2) is 102 Å². The number of hydrogen-bond donors (Lipinski definition) is 1. The van der Waals surface area contributed by atoms with Gasteiger partial charge in [-0.05, 0) is 6.42 Å². The van der Waals surface area contributed by atoms with E-state index >= 15 is 0 Å². The minimum absolute atomic E-state index is 0.00895. The lowest BCUT2D eigenvalue weighted by Crippen LogP contribution is -2.54. The first-order valence-corrected chi connectivity index (χ1v) is 7.19. The van der Waals surface area contributed by atoms with Crippen molar-refractivity contribution >= 4 is 17.9 Å². The number of piperazine rings is 1. The van der Waals surface area contributed by atoms with Crippen LogP contribution in [0.2, 0.25) is 0 Å². The van der Waals surface area contributed by atoms with Crippen molar-refractivity contribution < 1.29 is 19.5 Å². The molecule has 118 valence electrons. The summed E-state index contributed by atoms with van der Waals surface area (Å²) in [7, 11) is 1.74. The fraction of sp³-hybridized carbons (Fsp3) is 0.769. The Morgan fingerprint density at radius 3 is 2.43 bits per heavy atom. The van der Waals surface area contributed by atoms with E-state index in [1.54, 1.807) is 21.7 Å². The third kappa shape index (κ3) is 4.07. The quantitative estimate of drug-likeness (QED) is 0.705. The number of carbonyl (C=O) groups is 3. The van der Waals surface area contributed by atoms with Gasteiger partial charge in [-0.2, -0.15) is 0 Å². The molecule has 0 aromatic rings. The van der Waals surface area contributed by atoms with Crippen molar-refractivity contribution in [3.05, 3.63) is 0 Å². The number of carboxylic acid groups (broad SMARTS) is 1. The zero-order valence-electron chi connectivity index (χ0n) is 12.3. The normalized spacial score (nSPS) is 21.4. The summed E-state index contributed by atoms with van der Waals surface area (Å²) < 4.78 is 0. The molecule has 2 aliphatic heterocycles. The lowest BCUT2D eigenvalue weighted by atomic mass is 10.3. The molecule has 2 fully saturated rings. The summed E-state index contributed by atoms with van der Waals surface area (Å²) >= 11 is 0. The molecule has 0 aromatic carbocycles. The van der Waals surface area contributed by atoms with E-state index in [1.807, 2.05) is 4.90 Å². The second kappa shape index (κ2) is 6.75. The standard InChI is InChI=1S/C13H22N4O4/c1-14-5-7-17(9-11(14)18)13(21)16-4-2-3-15(6-8-16)10-12(19)20/h2-10H2,1H3,(H,19,20). The van der Waals surface area contributed by atoms with Crippen molar-refractivity contribution in [1.82, 2.24) is 19.6 Å². The second-order valence-electron chi connectivity index (χ2n) is 5.53. The van der Waals surface area contributed by atoms with Gasteiger partial charge in [-0.25, -0.2) is 4.79 Å². The molecule has 2 aliphatic rings. The van der Waals surface area contributed by atoms with Crippen molar-refractivity contribution in [2.24, 2.45) is 0 Å². The molecular formula is C13H22N4O4. The van der Waals surface area contributed by atoms with Gasteiger partial charge in [0.1, 0.15) is 6.54 Å². The summed E-state index contributed by atoms with van der Waals surface area (Å²) in [6.45, 7) is 3.60. The van der Waals surface area contributed by atoms with Gasteiger partial charge in [-0.1, -0.05) is 0 Å². The zero-order chi connectivity index (χ0) is 15.4. The topological polar surface area (TPSA) is 84.4 Å². The minimum atomic E-state index is -0.848. The first-order chi connectivity index (χ1) is 9.97. The van der Waals surface area contributed by atoms with Crippen LogP contribution in [0, 0.1) is 0 Å². The predicted octanol–water partition coefficient (Wildman–Crippen LogP) is -1.03. The Balaban J connectivity index is 1.88. The maximum absolute atomic E-state index is 12.4. The maximum atomic E-state index is 12.4. The fourth-order valence-electron chi connectivity index (χ4n) is 2.63. The summed E-state index contributed by atoms with van der Waals surface area (Å²) in [5.41, 5.74) is 0. The molecule has 0 atom stereocenters. The molecule has 0 radical (unpaired) electrons. The molecule has 2 heterocycles. The summed E-state index contributed by atoms with van der Waals surface area (Å²) in [5.74, 6) is -0.892. The number of nitrogens with zero attached hydrogens (tertiary/aromatic N) is 4. The number of rotatable bonds is 2. The molecule has 0 unspecified atom stereocenters. The number of hydrogen-bond acceptors (Lipinski definition) is 4. The Hall–Kier alpha value is -1.83. The van der Waals surface area contributed by atoms with Crippen molar-refractivity contribution in [2.45, 2.75) is 6.42 Å². The number of aliphatic carboxylic acids is 1. The molecular weight excluding hydrogens is 276 g/mol. The second-order valence-corrected chi connectivity index (χ2v) is 5.53. The monoisotopic (exact) mass is 298 g/mol. The van der Waals surface area contributed by atoms with Crippen LogP contribution in [-0.2, 0) is 9.59 Å². The van der Waals surface area contributed by atoms with Gasteiger partial charge >= 0.3 is 12.0 Å². The summed E-state index contributed by atoms with van der Waals surface area (Å²) in [4.78, 5) is 41.6. The molecule has 2 rings (SSSR count). The van der Waals surface area contributed by atoms with E-state index in [0.717, 1.165) is 6.42 Å². The first-order valence-electron chi connectivity index (χ1n) is 7.19. The van der Waals surface area contributed by atoms with E-state index in [2.05, 4.69) is 0 Å². The number of carboxylic acids is 1. The van der Waals surface area contributed by atoms with E-state index in [-0.39, 0.29) is 25.0 Å². The molecule has 0 saturated carbocycles. The molecule has 0 aliphatic carbocycles. The third-order valence-electron chi connectivity index (χ3n) is 3.95. The van der Waals surface area contributed by atoms with Gasteiger partial charge in [0, 0.05) is 46.3 Å². The lowest BCUT2D eigenvalue weighted by molar-refractivity contribution is -0.138. The van der Waals surface area contributed by atoms with Gasteiger partial charge in [0.25, 0.3) is 0 Å². The van der Waals surface area contributed by atoms with Gasteiger partial charge in [-0.3, -0.25) is 14.5 Å². The first kappa shape index (κ1) is 15.6. The van der Waals surface area contributed by atoms with Crippen LogP contribution in [0.5, 0.6) is 0 Å². The molecule has 0 spiro atoms. The zero-order valence-corrected chi connectivity index (χ0v) is 12.3. The van der Waals surface area contributed by atoms with Crippen molar-refractivity contribution in [1.29, 1.82) is 0 Å². The van der Waals surface area contributed by atoms with Crippen molar-refractivity contribution in [2.75, 3.05) is 59.4 Å². The molecule has 2 saturated heterocycles. The van der Waals surface area contributed by atoms with Crippen LogP contribution in [0.25, 0.3) is 0 Å². The molecule has 8 nitrogen and oxygen atoms in total. The number of carbonyl (C=O) groups excluding carboxylic acids is 2. The average molecular weight is 298 g/mol. The van der Waals surface area contributed by atoms with Crippen LogP contribution >= 0.6 is 0 Å². The highest BCUT2D eigenvalue weighted by atomic mass is 16.4. The molecule has 1 N–H and O–H groups in total. The van der Waals surface area contributed by atoms with Crippen LogP contribution in [0.3, 0.4) is 0 Å². The lowest BCUT2D eigenvalue weighted by Gasteiger charge is -2.35. The van der Waals surface area contributed by atoms with E-state index in [1.165, 1.54) is 0 Å². The highest BCUT2D eigenvalue weighted by Gasteiger charge is 2.29. The van der Waals surface area contributed by atoms with Crippen molar-refractivity contribution in [3.63, 3.8) is 0 Å². The van der Waals surface area contributed by atoms with E-state index in [4.69, 9.17) is 5.11 Å². The van der Waals surface area contributed by atoms with Crippen LogP contribution in [0.4, 0.5) is 4.79 Å². The Bertz CT molecular complexity index is 428. The van der Waals surface area contributed by atoms with Gasteiger partial charge in [0.2, 0.25) is 5.91 Å². The summed E-state index contributed by atoms with van der Waals surface area (Å²) in [6.07, 6.45) is 0.751. The highest BCUT2D eigenvalue weighted by Crippen LogP contribution is 2.09. The Kier molecular flexibility index (Phi) is 5.00. The van der Waals surface area contributed by atoms with Gasteiger partial charge in [0.15, 0.2) is 0 Å². The number of likely N-dealkylation sites (N-methyl/N-ethyl adjacent to an activating group) is 1. The third-order valence-corrected chi connectivity index (χ3v) is 3.95. The van der Waals surface area contributed by atoms with Gasteiger partial charge in [0.05, 0.1) is 6.54 Å². The molecule has 8 heteroatoms. The maximum Gasteiger partial charge on any atom is 0.320 e. The SMILES string of the molecule is CN1CCN(C(=O)N2CCCN(CC(=O)O)CC2)CC1=O. The summed E-state index contributed by atoms with van der Waals surface area (Å²) in [5, 5.41) is 8.82. The fourth-order valence-corrected chi connectivity index (χ4v) is 2.63. The van der Waals surface area contributed by atoms with E-state index < -0.39 is 5.97 Å². The number of urea groups is 1. The van der Waals surface area contributed by atoms with E-state index in [0.29, 0.717) is 39.3 Å². The largest absolute Gasteiger partial charge is 0.480 e. The minimum Gasteiger partial charge on any atom is -0.480 e. The smallest absolute Gasteiger partial charge is 0.320 e. The van der Waals surface area contributed by atoms with Gasteiger partial charge in [-0.15, -0.1) is 0 Å². The summed E-state index contributed by atoms with van der Waals surface area (Å²) in [6, 6.07) is -0.117. The predicted molar refractivity (Wildman–Crippen MR) is 74.9 cm³/mol. The molecule has 3 amide bonds. The molecule has 0 bridgehead atoms. The average Bonchev–Trinajstić information content (AvgIpc) is 2.66. The highest BCUT2D eigenvalue weighted by molar-refractivity contribution is 5.85. The Morgan fingerprint density at radius 2 is 1.76 bits per heavy atom. The van der Waals surface area contributed by atoms with Gasteiger partial charge < -0.3 is 19.8 Å². The number of amides is 3. The van der Waals surface area contributed by atoms with Crippen LogP contribution in [0.1, 0.15) is 6.42 Å².